The number of phenolic OH excluding ortho intramolecular Hbond substituents is 3. The van der Waals surface area contributed by atoms with Crippen molar-refractivity contribution in [3.05, 3.63) is 67.0 Å². The van der Waals surface area contributed by atoms with Crippen LogP contribution in [0.4, 0.5) is 5.69 Å². The lowest BCUT2D eigenvalue weighted by atomic mass is 10.3. The molecule has 0 saturated carbocycles. The summed E-state index contributed by atoms with van der Waals surface area (Å²) in [7, 11) is 0. The van der Waals surface area contributed by atoms with Gasteiger partial charge in [-0.15, -0.1) is 0 Å². The normalized spacial score (nSPS) is 8.76. The summed E-state index contributed by atoms with van der Waals surface area (Å²) in [5.41, 5.74) is 6.18. The van der Waals surface area contributed by atoms with Crippen LogP contribution in [0.2, 0.25) is 0 Å². The summed E-state index contributed by atoms with van der Waals surface area (Å²) >= 11 is 0. The van der Waals surface area contributed by atoms with Crippen LogP contribution in [-0.4, -0.2) is 25.5 Å². The highest BCUT2D eigenvalue weighted by Crippen LogP contribution is 2.27. The van der Waals surface area contributed by atoms with E-state index < -0.39 is 0 Å². The van der Waals surface area contributed by atoms with Gasteiger partial charge in [0, 0.05) is 24.1 Å². The van der Waals surface area contributed by atoms with Crippen molar-refractivity contribution >= 4 is 5.69 Å². The maximum Gasteiger partial charge on any atom is 0.161 e. The van der Waals surface area contributed by atoms with Crippen LogP contribution in [0.15, 0.2) is 67.0 Å². The summed E-state index contributed by atoms with van der Waals surface area (Å²) in [6.07, 6.45) is 3.46. The van der Waals surface area contributed by atoms with E-state index in [4.69, 9.17) is 21.1 Å². The van der Waals surface area contributed by atoms with E-state index in [1.807, 2.05) is 36.4 Å². The second-order valence-corrected chi connectivity index (χ2v) is 3.85. The average molecular weight is 287 g/mol. The quantitative estimate of drug-likeness (QED) is 0.247. The van der Waals surface area contributed by atoms with Crippen LogP contribution in [0.5, 0.6) is 17.2 Å². The Kier molecular flexibility index (Phi) is 6.72. The number of nitrogens with one attached hydrogen (secondary N) is 1. The van der Waals surface area contributed by atoms with Gasteiger partial charge in [-0.25, -0.2) is 0 Å². The van der Waals surface area contributed by atoms with Crippen LogP contribution < -0.4 is 5.73 Å². The van der Waals surface area contributed by atoms with Gasteiger partial charge < -0.3 is 21.1 Å². The highest BCUT2D eigenvalue weighted by atomic mass is 16.3. The largest absolute Gasteiger partial charge is 0.508 e. The fraction of sp³-hybridized carbons (Fsp3) is 0. The van der Waals surface area contributed by atoms with E-state index in [9.17, 15) is 0 Å². The molecule has 1 aromatic heterocycles. The molecule has 0 amide bonds. The smallest absolute Gasteiger partial charge is 0.161 e. The standard InChI is InChI=1S/C6H7N.C6H6O3.C3H4N2/c7-6-4-2-1-3-5-6;7-4-1-2-5(8)6(9)3-4;1-2-4-5-3-1/h1-5H,7H2;1-3,7-9H;1-3H,(H,4,5). The summed E-state index contributed by atoms with van der Waals surface area (Å²) in [6.45, 7) is 0. The first-order valence-corrected chi connectivity index (χ1v) is 6.05. The summed E-state index contributed by atoms with van der Waals surface area (Å²) in [6, 6.07) is 14.9. The molecule has 0 aliphatic rings. The Balaban J connectivity index is 0.000000164. The fourth-order valence-corrected chi connectivity index (χ4v) is 1.18. The molecule has 0 fully saturated rings. The zero-order valence-corrected chi connectivity index (χ0v) is 11.2. The number of phenols is 3. The Morgan fingerprint density at radius 1 is 0.857 bits per heavy atom. The number of benzene rings is 2. The first-order valence-electron chi connectivity index (χ1n) is 6.05. The van der Waals surface area contributed by atoms with E-state index >= 15 is 0 Å². The second kappa shape index (κ2) is 8.87. The van der Waals surface area contributed by atoms with Gasteiger partial charge in [-0.1, -0.05) is 18.2 Å². The third-order valence-electron chi connectivity index (χ3n) is 2.16. The van der Waals surface area contributed by atoms with Crippen molar-refractivity contribution in [2.24, 2.45) is 0 Å². The number of hydrogen-bond donors (Lipinski definition) is 5. The average Bonchev–Trinajstić information content (AvgIpc) is 3.04. The number of rotatable bonds is 0. The summed E-state index contributed by atoms with van der Waals surface area (Å²) in [5, 5.41) is 32.2. The van der Waals surface area contributed by atoms with Crippen LogP contribution in [-0.2, 0) is 0 Å². The number of nitrogens with zero attached hydrogens (tertiary/aromatic N) is 1. The second-order valence-electron chi connectivity index (χ2n) is 3.85. The Labute approximate surface area is 122 Å². The molecule has 0 spiro atoms. The van der Waals surface area contributed by atoms with Crippen molar-refractivity contribution in [2.75, 3.05) is 5.73 Å². The molecule has 0 unspecified atom stereocenters. The molecule has 0 aliphatic heterocycles. The molecule has 2 aromatic carbocycles. The molecule has 0 aliphatic carbocycles. The SMILES string of the molecule is Nc1ccccc1.Oc1ccc(O)c(O)c1.c1cn[nH]c1. The Morgan fingerprint density at radius 3 is 1.90 bits per heavy atom. The number of H-pyrrole nitrogens is 1. The third kappa shape index (κ3) is 7.12. The van der Waals surface area contributed by atoms with Crippen LogP contribution in [0, 0.1) is 0 Å². The number of aromatic nitrogens is 2. The zero-order valence-electron chi connectivity index (χ0n) is 11.2. The van der Waals surface area contributed by atoms with E-state index in [0.29, 0.717) is 0 Å². The molecule has 3 rings (SSSR count). The van der Waals surface area contributed by atoms with E-state index in [1.54, 1.807) is 12.4 Å². The van der Waals surface area contributed by atoms with Gasteiger partial charge in [0.2, 0.25) is 0 Å². The molecule has 6 N–H and O–H groups in total. The first-order chi connectivity index (χ1) is 10.1. The number of aromatic amines is 1. The number of nitrogen functional groups attached to an aromatic ring is 1. The van der Waals surface area contributed by atoms with Gasteiger partial charge in [0.15, 0.2) is 11.5 Å². The van der Waals surface area contributed by atoms with Crippen molar-refractivity contribution in [1.82, 2.24) is 10.2 Å². The fourth-order valence-electron chi connectivity index (χ4n) is 1.18. The topological polar surface area (TPSA) is 115 Å². The highest BCUT2D eigenvalue weighted by molar-refractivity contribution is 5.42. The lowest BCUT2D eigenvalue weighted by molar-refractivity contribution is 0.396. The van der Waals surface area contributed by atoms with E-state index in [0.717, 1.165) is 11.8 Å². The van der Waals surface area contributed by atoms with Crippen molar-refractivity contribution in [3.8, 4) is 17.2 Å². The van der Waals surface area contributed by atoms with Crippen molar-refractivity contribution in [1.29, 1.82) is 0 Å². The molecule has 110 valence electrons. The minimum Gasteiger partial charge on any atom is -0.508 e. The van der Waals surface area contributed by atoms with Gasteiger partial charge in [-0.3, -0.25) is 5.10 Å². The molecule has 0 atom stereocenters. The van der Waals surface area contributed by atoms with Gasteiger partial charge >= 0.3 is 0 Å². The van der Waals surface area contributed by atoms with Gasteiger partial charge in [0.25, 0.3) is 0 Å². The highest BCUT2D eigenvalue weighted by Gasteiger charge is 1.96. The van der Waals surface area contributed by atoms with Gasteiger partial charge in [-0.05, 0) is 30.3 Å². The van der Waals surface area contributed by atoms with Crippen LogP contribution in [0.3, 0.4) is 0 Å². The molecule has 3 aromatic rings. The monoisotopic (exact) mass is 287 g/mol. The van der Waals surface area contributed by atoms with Gasteiger partial charge in [0.1, 0.15) is 5.75 Å². The van der Waals surface area contributed by atoms with Gasteiger partial charge in [-0.2, -0.15) is 5.10 Å². The minimum absolute atomic E-state index is 0.0645. The molecule has 0 saturated heterocycles. The Hall–Kier alpha value is -3.15. The molecule has 6 heteroatoms. The number of aromatic hydroxyl groups is 3. The van der Waals surface area contributed by atoms with Crippen LogP contribution in [0.1, 0.15) is 0 Å². The van der Waals surface area contributed by atoms with Crippen LogP contribution >= 0.6 is 0 Å². The molecule has 21 heavy (non-hydrogen) atoms. The predicted molar refractivity (Wildman–Crippen MR) is 80.9 cm³/mol. The Morgan fingerprint density at radius 2 is 1.57 bits per heavy atom. The lowest BCUT2D eigenvalue weighted by Crippen LogP contribution is -1.79. The third-order valence-corrected chi connectivity index (χ3v) is 2.16. The van der Waals surface area contributed by atoms with E-state index in [1.165, 1.54) is 12.1 Å². The number of anilines is 1. The van der Waals surface area contributed by atoms with Gasteiger partial charge in [0.05, 0.1) is 0 Å². The summed E-state index contributed by atoms with van der Waals surface area (Å²) in [5.74, 6) is -0.604. The summed E-state index contributed by atoms with van der Waals surface area (Å²) < 4.78 is 0. The molecule has 1 heterocycles. The van der Waals surface area contributed by atoms with Crippen molar-refractivity contribution in [2.45, 2.75) is 0 Å². The molecule has 6 nitrogen and oxygen atoms in total. The number of para-hydroxylation sites is 1. The molecular formula is C15H17N3O3. The maximum atomic E-state index is 8.69. The molecule has 0 bridgehead atoms. The van der Waals surface area contributed by atoms with Crippen molar-refractivity contribution in [3.63, 3.8) is 0 Å². The van der Waals surface area contributed by atoms with Crippen LogP contribution in [0.25, 0.3) is 0 Å². The van der Waals surface area contributed by atoms with E-state index in [2.05, 4.69) is 10.2 Å². The minimum atomic E-state index is -0.310. The predicted octanol–water partition coefficient (Wildman–Crippen LogP) is 2.48. The number of nitrogens with two attached hydrogens (primary N) is 1. The molecular weight excluding hydrogens is 270 g/mol. The Bertz CT molecular complexity index is 596. The summed E-state index contributed by atoms with van der Waals surface area (Å²) in [4.78, 5) is 0. The zero-order chi connectivity index (χ0) is 15.5. The maximum absolute atomic E-state index is 8.69. The number of hydrogen-bond acceptors (Lipinski definition) is 5. The lowest BCUT2D eigenvalue weighted by Gasteiger charge is -1.95. The van der Waals surface area contributed by atoms with Crippen molar-refractivity contribution < 1.29 is 15.3 Å². The molecule has 0 radical (unpaired) electrons. The first kappa shape index (κ1) is 15.9. The van der Waals surface area contributed by atoms with E-state index in [-0.39, 0.29) is 17.2 Å².